The van der Waals surface area contributed by atoms with Gasteiger partial charge in [0, 0.05) is 50.0 Å². The SMILES string of the molecule is S=C(NCCCN1CCN(Cc2ccc(Cl)cc2)CC1)Nc1ccccc1. The highest BCUT2D eigenvalue weighted by Gasteiger charge is 2.16. The molecule has 1 aliphatic heterocycles. The summed E-state index contributed by atoms with van der Waals surface area (Å²) in [6.45, 7) is 7.49. The Hall–Kier alpha value is -1.66. The molecule has 144 valence electrons. The second-order valence-electron chi connectivity index (χ2n) is 6.84. The van der Waals surface area contributed by atoms with E-state index < -0.39 is 0 Å². The average Bonchev–Trinajstić information content (AvgIpc) is 2.69. The number of thiocarbonyl (C=S) groups is 1. The molecule has 0 saturated carbocycles. The summed E-state index contributed by atoms with van der Waals surface area (Å²) in [5.41, 5.74) is 2.35. The van der Waals surface area contributed by atoms with E-state index in [1.54, 1.807) is 0 Å². The lowest BCUT2D eigenvalue weighted by atomic mass is 10.2. The van der Waals surface area contributed by atoms with Gasteiger partial charge in [-0.15, -0.1) is 0 Å². The minimum Gasteiger partial charge on any atom is -0.362 e. The number of rotatable bonds is 7. The van der Waals surface area contributed by atoms with Gasteiger partial charge in [-0.05, 0) is 55.0 Å². The van der Waals surface area contributed by atoms with Crippen molar-refractivity contribution in [3.63, 3.8) is 0 Å². The first-order valence-electron chi connectivity index (χ1n) is 9.48. The maximum atomic E-state index is 5.96. The van der Waals surface area contributed by atoms with Crippen LogP contribution in [-0.2, 0) is 6.54 Å². The predicted molar refractivity (Wildman–Crippen MR) is 118 cm³/mol. The van der Waals surface area contributed by atoms with Crippen molar-refractivity contribution < 1.29 is 0 Å². The zero-order valence-corrected chi connectivity index (χ0v) is 17.1. The molecule has 1 saturated heterocycles. The molecule has 2 aromatic rings. The zero-order valence-electron chi connectivity index (χ0n) is 15.5. The van der Waals surface area contributed by atoms with Crippen LogP contribution < -0.4 is 10.6 Å². The van der Waals surface area contributed by atoms with Gasteiger partial charge < -0.3 is 15.5 Å². The molecule has 1 fully saturated rings. The smallest absolute Gasteiger partial charge is 0.170 e. The molecule has 1 heterocycles. The Kier molecular flexibility index (Phi) is 7.90. The molecule has 0 aromatic heterocycles. The van der Waals surface area contributed by atoms with E-state index in [4.69, 9.17) is 23.8 Å². The topological polar surface area (TPSA) is 30.5 Å². The lowest BCUT2D eigenvalue weighted by molar-refractivity contribution is 0.126. The number of hydrogen-bond donors (Lipinski definition) is 2. The monoisotopic (exact) mass is 402 g/mol. The van der Waals surface area contributed by atoms with E-state index in [0.29, 0.717) is 5.11 Å². The van der Waals surface area contributed by atoms with Gasteiger partial charge in [0.1, 0.15) is 0 Å². The van der Waals surface area contributed by atoms with Crippen LogP contribution in [-0.4, -0.2) is 54.2 Å². The molecule has 2 aromatic carbocycles. The standard InChI is InChI=1S/C21H27ClN4S/c22-19-9-7-18(8-10-19)17-26-15-13-25(14-16-26)12-4-11-23-21(27)24-20-5-2-1-3-6-20/h1-3,5-10H,4,11-17H2,(H2,23,24,27). The molecule has 2 N–H and O–H groups in total. The van der Waals surface area contributed by atoms with E-state index >= 15 is 0 Å². The molecule has 3 rings (SSSR count). The first-order valence-corrected chi connectivity index (χ1v) is 10.3. The third-order valence-electron chi connectivity index (χ3n) is 4.75. The van der Waals surface area contributed by atoms with Gasteiger partial charge in [-0.2, -0.15) is 0 Å². The Morgan fingerprint density at radius 1 is 0.926 bits per heavy atom. The molecule has 0 atom stereocenters. The summed E-state index contributed by atoms with van der Waals surface area (Å²) in [4.78, 5) is 5.05. The van der Waals surface area contributed by atoms with Crippen molar-refractivity contribution in [2.45, 2.75) is 13.0 Å². The van der Waals surface area contributed by atoms with Gasteiger partial charge in [-0.3, -0.25) is 4.90 Å². The molecule has 1 aliphatic rings. The molecule has 0 spiro atoms. The number of anilines is 1. The van der Waals surface area contributed by atoms with Crippen molar-refractivity contribution in [3.8, 4) is 0 Å². The third kappa shape index (κ3) is 7.11. The number of benzene rings is 2. The minimum absolute atomic E-state index is 0.689. The van der Waals surface area contributed by atoms with Crippen LogP contribution in [0.5, 0.6) is 0 Å². The third-order valence-corrected chi connectivity index (χ3v) is 5.25. The molecule has 6 heteroatoms. The second kappa shape index (κ2) is 10.6. The fourth-order valence-corrected chi connectivity index (χ4v) is 3.57. The molecule has 0 radical (unpaired) electrons. The van der Waals surface area contributed by atoms with Gasteiger partial charge >= 0.3 is 0 Å². The summed E-state index contributed by atoms with van der Waals surface area (Å²) in [7, 11) is 0. The quantitative estimate of drug-likeness (QED) is 0.542. The molecular weight excluding hydrogens is 376 g/mol. The minimum atomic E-state index is 0.689. The zero-order chi connectivity index (χ0) is 18.9. The van der Waals surface area contributed by atoms with Gasteiger partial charge in [0.05, 0.1) is 0 Å². The fourth-order valence-electron chi connectivity index (χ4n) is 3.22. The lowest BCUT2D eigenvalue weighted by Crippen LogP contribution is -2.46. The van der Waals surface area contributed by atoms with Crippen LogP contribution in [0.2, 0.25) is 5.02 Å². The Morgan fingerprint density at radius 2 is 1.59 bits per heavy atom. The summed E-state index contributed by atoms with van der Waals surface area (Å²) < 4.78 is 0. The van der Waals surface area contributed by atoms with Gasteiger partial charge in [-0.1, -0.05) is 41.9 Å². The number of halogens is 1. The summed E-state index contributed by atoms with van der Waals surface area (Å²) in [6.07, 6.45) is 1.09. The Morgan fingerprint density at radius 3 is 2.30 bits per heavy atom. The predicted octanol–water partition coefficient (Wildman–Crippen LogP) is 3.83. The van der Waals surface area contributed by atoms with Crippen LogP contribution in [0.15, 0.2) is 54.6 Å². The van der Waals surface area contributed by atoms with Crippen molar-refractivity contribution in [3.05, 3.63) is 65.2 Å². The average molecular weight is 403 g/mol. The second-order valence-corrected chi connectivity index (χ2v) is 7.69. The van der Waals surface area contributed by atoms with Crippen LogP contribution >= 0.6 is 23.8 Å². The summed E-state index contributed by atoms with van der Waals surface area (Å²) in [5, 5.41) is 7.98. The van der Waals surface area contributed by atoms with E-state index in [9.17, 15) is 0 Å². The van der Waals surface area contributed by atoms with Crippen molar-refractivity contribution >= 4 is 34.6 Å². The molecule has 4 nitrogen and oxygen atoms in total. The Balaban J connectivity index is 1.27. The van der Waals surface area contributed by atoms with Crippen LogP contribution in [0, 0.1) is 0 Å². The van der Waals surface area contributed by atoms with E-state index in [-0.39, 0.29) is 0 Å². The van der Waals surface area contributed by atoms with Crippen LogP contribution in [0.1, 0.15) is 12.0 Å². The van der Waals surface area contributed by atoms with Gasteiger partial charge in [0.2, 0.25) is 0 Å². The van der Waals surface area contributed by atoms with Crippen molar-refractivity contribution in [1.82, 2.24) is 15.1 Å². The normalized spacial score (nSPS) is 15.4. The van der Waals surface area contributed by atoms with Crippen LogP contribution in [0.3, 0.4) is 0 Å². The Bertz CT molecular complexity index is 700. The number of para-hydroxylation sites is 1. The van der Waals surface area contributed by atoms with Crippen LogP contribution in [0.4, 0.5) is 5.69 Å². The van der Waals surface area contributed by atoms with Gasteiger partial charge in [0.15, 0.2) is 5.11 Å². The molecule has 0 unspecified atom stereocenters. The number of hydrogen-bond acceptors (Lipinski definition) is 3. The van der Waals surface area contributed by atoms with Gasteiger partial charge in [0.25, 0.3) is 0 Å². The van der Waals surface area contributed by atoms with E-state index in [1.807, 2.05) is 42.5 Å². The maximum Gasteiger partial charge on any atom is 0.170 e. The highest BCUT2D eigenvalue weighted by molar-refractivity contribution is 7.80. The number of nitrogens with zero attached hydrogens (tertiary/aromatic N) is 2. The van der Waals surface area contributed by atoms with Gasteiger partial charge in [-0.25, -0.2) is 0 Å². The van der Waals surface area contributed by atoms with Crippen molar-refractivity contribution in [2.24, 2.45) is 0 Å². The first kappa shape index (κ1) is 20.1. The fraction of sp³-hybridized carbons (Fsp3) is 0.381. The summed E-state index contributed by atoms with van der Waals surface area (Å²) in [6, 6.07) is 18.2. The number of nitrogens with one attached hydrogen (secondary N) is 2. The summed E-state index contributed by atoms with van der Waals surface area (Å²) in [5.74, 6) is 0. The van der Waals surface area contributed by atoms with Crippen molar-refractivity contribution in [2.75, 3.05) is 44.6 Å². The van der Waals surface area contributed by atoms with Crippen LogP contribution in [0.25, 0.3) is 0 Å². The van der Waals surface area contributed by atoms with E-state index in [2.05, 4.69) is 32.6 Å². The summed E-state index contributed by atoms with van der Waals surface area (Å²) >= 11 is 11.3. The number of piperazine rings is 1. The molecule has 0 aliphatic carbocycles. The lowest BCUT2D eigenvalue weighted by Gasteiger charge is -2.34. The molecule has 0 bridgehead atoms. The molecule has 27 heavy (non-hydrogen) atoms. The van der Waals surface area contributed by atoms with Crippen molar-refractivity contribution in [1.29, 1.82) is 0 Å². The highest BCUT2D eigenvalue weighted by atomic mass is 35.5. The highest BCUT2D eigenvalue weighted by Crippen LogP contribution is 2.13. The van der Waals surface area contributed by atoms with E-state index in [1.165, 1.54) is 5.56 Å². The molecule has 0 amide bonds. The van der Waals surface area contributed by atoms with E-state index in [0.717, 1.165) is 62.9 Å². The first-order chi connectivity index (χ1) is 13.2. The molecular formula is C21H27ClN4S. The largest absolute Gasteiger partial charge is 0.362 e. The Labute approximate surface area is 172 Å². The maximum absolute atomic E-state index is 5.96.